The Kier molecular flexibility index (Phi) is 7.02. The van der Waals surface area contributed by atoms with Crippen LogP contribution in [-0.4, -0.2) is 30.3 Å². The standard InChI is InChI=1S/C21H24N4O3S/c1-3-5-10-28-17-9-6-14(11-18(17)27-4-2)13-23-25-20(26)15-7-8-16-19(12-15)29-21(22)24-16/h6-9,11-13H,3-5,10H2,1-2H3,(H2,22,24)(H,25,26)/b23-13-. The van der Waals surface area contributed by atoms with Crippen molar-refractivity contribution in [2.24, 2.45) is 5.10 Å². The van der Waals surface area contributed by atoms with Gasteiger partial charge in [0.05, 0.1) is 29.6 Å². The number of aromatic nitrogens is 1. The number of hydrogen-bond acceptors (Lipinski definition) is 7. The zero-order chi connectivity index (χ0) is 20.6. The second kappa shape index (κ2) is 9.88. The summed E-state index contributed by atoms with van der Waals surface area (Å²) in [7, 11) is 0. The van der Waals surface area contributed by atoms with Gasteiger partial charge in [0.2, 0.25) is 0 Å². The van der Waals surface area contributed by atoms with Gasteiger partial charge in [-0.2, -0.15) is 5.10 Å². The molecule has 3 N–H and O–H groups in total. The van der Waals surface area contributed by atoms with E-state index >= 15 is 0 Å². The summed E-state index contributed by atoms with van der Waals surface area (Å²) in [5.41, 5.74) is 10.3. The van der Waals surface area contributed by atoms with Gasteiger partial charge in [0.15, 0.2) is 16.6 Å². The van der Waals surface area contributed by atoms with Crippen LogP contribution in [-0.2, 0) is 0 Å². The van der Waals surface area contributed by atoms with Crippen LogP contribution in [0.3, 0.4) is 0 Å². The first-order chi connectivity index (χ1) is 14.1. The molecule has 0 aliphatic rings. The van der Waals surface area contributed by atoms with Gasteiger partial charge in [0.25, 0.3) is 5.91 Å². The zero-order valence-electron chi connectivity index (χ0n) is 16.5. The molecule has 1 aromatic heterocycles. The molecule has 152 valence electrons. The molecule has 3 aromatic rings. The smallest absolute Gasteiger partial charge is 0.271 e. The number of benzene rings is 2. The number of carbonyl (C=O) groups is 1. The van der Waals surface area contributed by atoms with Crippen LogP contribution in [0.1, 0.15) is 42.6 Å². The third-order valence-corrected chi connectivity index (χ3v) is 4.92. The summed E-state index contributed by atoms with van der Waals surface area (Å²) in [5, 5.41) is 4.53. The third kappa shape index (κ3) is 5.45. The van der Waals surface area contributed by atoms with E-state index < -0.39 is 0 Å². The van der Waals surface area contributed by atoms with Crippen LogP contribution in [0, 0.1) is 0 Å². The molecule has 1 amide bonds. The molecule has 0 fully saturated rings. The van der Waals surface area contributed by atoms with Crippen molar-refractivity contribution in [3.05, 3.63) is 47.5 Å². The molecular weight excluding hydrogens is 388 g/mol. The van der Waals surface area contributed by atoms with Crippen molar-refractivity contribution in [1.82, 2.24) is 10.4 Å². The summed E-state index contributed by atoms with van der Waals surface area (Å²) in [4.78, 5) is 16.5. The Morgan fingerprint density at radius 2 is 2.07 bits per heavy atom. The predicted molar refractivity (Wildman–Crippen MR) is 117 cm³/mol. The van der Waals surface area contributed by atoms with Gasteiger partial charge in [-0.05, 0) is 55.3 Å². The lowest BCUT2D eigenvalue weighted by Gasteiger charge is -2.12. The number of hydrazone groups is 1. The highest BCUT2D eigenvalue weighted by atomic mass is 32.1. The molecule has 1 heterocycles. The molecule has 0 atom stereocenters. The maximum absolute atomic E-state index is 12.3. The highest BCUT2D eigenvalue weighted by Crippen LogP contribution is 2.28. The number of nitrogen functional groups attached to an aromatic ring is 1. The lowest BCUT2D eigenvalue weighted by Crippen LogP contribution is -2.17. The predicted octanol–water partition coefficient (Wildman–Crippen LogP) is 4.22. The van der Waals surface area contributed by atoms with E-state index in [-0.39, 0.29) is 5.91 Å². The number of anilines is 1. The summed E-state index contributed by atoms with van der Waals surface area (Å²) in [6, 6.07) is 10.8. The Morgan fingerprint density at radius 3 is 2.86 bits per heavy atom. The normalized spacial score (nSPS) is 11.1. The van der Waals surface area contributed by atoms with E-state index in [4.69, 9.17) is 15.2 Å². The monoisotopic (exact) mass is 412 g/mol. The summed E-state index contributed by atoms with van der Waals surface area (Å²) in [6.07, 6.45) is 3.62. The molecule has 3 rings (SSSR count). The van der Waals surface area contributed by atoms with Crippen molar-refractivity contribution in [2.45, 2.75) is 26.7 Å². The van der Waals surface area contributed by atoms with E-state index in [0.717, 1.165) is 28.6 Å². The average molecular weight is 413 g/mol. The minimum Gasteiger partial charge on any atom is -0.490 e. The van der Waals surface area contributed by atoms with Crippen LogP contribution in [0.5, 0.6) is 11.5 Å². The van der Waals surface area contributed by atoms with Crippen molar-refractivity contribution in [2.75, 3.05) is 18.9 Å². The van der Waals surface area contributed by atoms with E-state index in [2.05, 4.69) is 22.4 Å². The largest absolute Gasteiger partial charge is 0.490 e. The third-order valence-electron chi connectivity index (χ3n) is 4.07. The van der Waals surface area contributed by atoms with Gasteiger partial charge in [0.1, 0.15) is 0 Å². The van der Waals surface area contributed by atoms with E-state index in [1.54, 1.807) is 24.4 Å². The van der Waals surface area contributed by atoms with Crippen molar-refractivity contribution < 1.29 is 14.3 Å². The van der Waals surface area contributed by atoms with Crippen LogP contribution < -0.4 is 20.6 Å². The number of carbonyl (C=O) groups excluding carboxylic acids is 1. The Hall–Kier alpha value is -3.13. The number of nitrogens with one attached hydrogen (secondary N) is 1. The highest BCUT2D eigenvalue weighted by Gasteiger charge is 2.09. The molecule has 29 heavy (non-hydrogen) atoms. The van der Waals surface area contributed by atoms with Gasteiger partial charge in [-0.3, -0.25) is 4.79 Å². The Labute approximate surface area is 173 Å². The van der Waals surface area contributed by atoms with Crippen LogP contribution in [0.15, 0.2) is 41.5 Å². The molecule has 0 saturated carbocycles. The first kappa shape index (κ1) is 20.6. The Balaban J connectivity index is 1.66. The van der Waals surface area contributed by atoms with Crippen molar-refractivity contribution in [1.29, 1.82) is 0 Å². The van der Waals surface area contributed by atoms with Crippen LogP contribution in [0.4, 0.5) is 5.13 Å². The van der Waals surface area contributed by atoms with Gasteiger partial charge < -0.3 is 15.2 Å². The molecular formula is C21H24N4O3S. The first-order valence-electron chi connectivity index (χ1n) is 9.49. The number of ether oxygens (including phenoxy) is 2. The van der Waals surface area contributed by atoms with Crippen LogP contribution in [0.2, 0.25) is 0 Å². The van der Waals surface area contributed by atoms with E-state index in [9.17, 15) is 4.79 Å². The van der Waals surface area contributed by atoms with Crippen molar-refractivity contribution in [3.63, 3.8) is 0 Å². The molecule has 2 aromatic carbocycles. The fraction of sp³-hybridized carbons (Fsp3) is 0.286. The molecule has 0 bridgehead atoms. The van der Waals surface area contributed by atoms with Gasteiger partial charge in [-0.1, -0.05) is 24.7 Å². The van der Waals surface area contributed by atoms with E-state index in [1.165, 1.54) is 11.3 Å². The van der Waals surface area contributed by atoms with Gasteiger partial charge in [0, 0.05) is 5.56 Å². The number of thiazole rings is 1. The summed E-state index contributed by atoms with van der Waals surface area (Å²) in [6.45, 7) is 5.22. The number of amides is 1. The van der Waals surface area contributed by atoms with Gasteiger partial charge >= 0.3 is 0 Å². The van der Waals surface area contributed by atoms with Gasteiger partial charge in [-0.15, -0.1) is 0 Å². The number of fused-ring (bicyclic) bond motifs is 1. The van der Waals surface area contributed by atoms with Crippen LogP contribution >= 0.6 is 11.3 Å². The molecule has 7 nitrogen and oxygen atoms in total. The fourth-order valence-electron chi connectivity index (χ4n) is 2.63. The minimum atomic E-state index is -0.306. The number of nitrogens with two attached hydrogens (primary N) is 1. The lowest BCUT2D eigenvalue weighted by molar-refractivity contribution is 0.0955. The maximum atomic E-state index is 12.3. The van der Waals surface area contributed by atoms with Crippen LogP contribution in [0.25, 0.3) is 10.2 Å². The lowest BCUT2D eigenvalue weighted by atomic mass is 10.2. The summed E-state index contributed by atoms with van der Waals surface area (Å²) >= 11 is 1.34. The molecule has 0 aliphatic carbocycles. The van der Waals surface area contributed by atoms with Gasteiger partial charge in [-0.25, -0.2) is 10.4 Å². The summed E-state index contributed by atoms with van der Waals surface area (Å²) < 4.78 is 12.3. The first-order valence-corrected chi connectivity index (χ1v) is 10.3. The van der Waals surface area contributed by atoms with Crippen molar-refractivity contribution in [3.8, 4) is 11.5 Å². The molecule has 0 unspecified atom stereocenters. The topological polar surface area (TPSA) is 98.8 Å². The Bertz CT molecular complexity index is 1020. The minimum absolute atomic E-state index is 0.306. The number of nitrogens with zero attached hydrogens (tertiary/aromatic N) is 2. The number of hydrogen-bond donors (Lipinski definition) is 2. The average Bonchev–Trinajstić information content (AvgIpc) is 3.09. The molecule has 0 saturated heterocycles. The quantitative estimate of drug-likeness (QED) is 0.311. The fourth-order valence-corrected chi connectivity index (χ4v) is 3.41. The second-order valence-corrected chi connectivity index (χ2v) is 7.34. The highest BCUT2D eigenvalue weighted by molar-refractivity contribution is 7.22. The van der Waals surface area contributed by atoms with Crippen molar-refractivity contribution >= 4 is 38.8 Å². The molecule has 8 heteroatoms. The number of unbranched alkanes of at least 4 members (excludes halogenated alkanes) is 1. The zero-order valence-corrected chi connectivity index (χ0v) is 17.3. The molecule has 0 spiro atoms. The van der Waals surface area contributed by atoms with E-state index in [0.29, 0.717) is 35.4 Å². The molecule has 0 radical (unpaired) electrons. The summed E-state index contributed by atoms with van der Waals surface area (Å²) in [5.74, 6) is 1.06. The number of rotatable bonds is 9. The second-order valence-electron chi connectivity index (χ2n) is 6.27. The Morgan fingerprint density at radius 1 is 1.21 bits per heavy atom. The molecule has 0 aliphatic heterocycles. The SMILES string of the molecule is CCCCOc1ccc(/C=N\NC(=O)c2ccc3nc(N)sc3c2)cc1OCC. The van der Waals surface area contributed by atoms with E-state index in [1.807, 2.05) is 25.1 Å². The maximum Gasteiger partial charge on any atom is 0.271 e.